The average molecular weight is 310 g/mol. The van der Waals surface area contributed by atoms with Gasteiger partial charge in [0.1, 0.15) is 0 Å². The molecule has 3 rings (SSSR count). The van der Waals surface area contributed by atoms with Crippen molar-refractivity contribution in [1.82, 2.24) is 0 Å². The number of hydrogen-bond donors (Lipinski definition) is 1. The summed E-state index contributed by atoms with van der Waals surface area (Å²) in [4.78, 5) is 14.0. The molecular weight excluding hydrogens is 291 g/mol. The maximum Gasteiger partial charge on any atom is 0.337 e. The number of carboxylic acids is 1. The molecule has 2 nitrogen and oxygen atoms in total. The number of thiophene rings is 1. The van der Waals surface area contributed by atoms with Crippen molar-refractivity contribution in [2.75, 3.05) is 0 Å². The van der Waals surface area contributed by atoms with Crippen LogP contribution < -0.4 is 0 Å². The Morgan fingerprint density at radius 3 is 2.77 bits per heavy atom. The van der Waals surface area contributed by atoms with Gasteiger partial charge in [0, 0.05) is 9.75 Å². The van der Waals surface area contributed by atoms with Crippen LogP contribution in [0.4, 0.5) is 0 Å². The molecule has 22 heavy (non-hydrogen) atoms. The molecule has 1 N–H and O–H groups in total. The van der Waals surface area contributed by atoms with Crippen molar-refractivity contribution >= 4 is 25.2 Å². The van der Waals surface area contributed by atoms with E-state index in [1.807, 2.05) is 24.3 Å². The van der Waals surface area contributed by atoms with Crippen LogP contribution >= 0.6 is 11.3 Å². The van der Waals surface area contributed by atoms with Gasteiger partial charge in [0.15, 0.2) is 0 Å². The fourth-order valence-electron chi connectivity index (χ4n) is 3.26. The van der Waals surface area contributed by atoms with Crippen molar-refractivity contribution in [1.29, 1.82) is 0 Å². The highest BCUT2D eigenvalue weighted by Crippen LogP contribution is 2.45. The molecule has 0 saturated heterocycles. The highest BCUT2D eigenvalue weighted by atomic mass is 32.1. The first-order valence-electron chi connectivity index (χ1n) is 7.59. The Kier molecular flexibility index (Phi) is 3.90. The lowest BCUT2D eigenvalue weighted by Crippen LogP contribution is -2.22. The van der Waals surface area contributed by atoms with E-state index in [2.05, 4.69) is 13.8 Å². The second-order valence-corrected chi connectivity index (χ2v) is 7.82. The average Bonchev–Trinajstić information content (AvgIpc) is 2.84. The molecule has 0 spiro atoms. The second-order valence-electron chi connectivity index (χ2n) is 6.72. The lowest BCUT2D eigenvalue weighted by Gasteiger charge is -2.29. The number of carboxylic acid groups (broad SMARTS) is 1. The number of hydrogen-bond acceptors (Lipinski definition) is 2. The summed E-state index contributed by atoms with van der Waals surface area (Å²) in [6.45, 7) is 4.43. The van der Waals surface area contributed by atoms with E-state index >= 15 is 0 Å². The van der Waals surface area contributed by atoms with E-state index in [-0.39, 0.29) is 5.41 Å². The van der Waals surface area contributed by atoms with Crippen molar-refractivity contribution in [3.05, 3.63) is 45.8 Å². The molecule has 2 aromatic rings. The van der Waals surface area contributed by atoms with Crippen molar-refractivity contribution in [2.45, 2.75) is 39.4 Å². The van der Waals surface area contributed by atoms with Crippen LogP contribution in [0.25, 0.3) is 10.4 Å². The van der Waals surface area contributed by atoms with E-state index in [0.717, 1.165) is 40.8 Å². The van der Waals surface area contributed by atoms with Crippen LogP contribution in [0.15, 0.2) is 24.3 Å². The van der Waals surface area contributed by atoms with E-state index in [9.17, 15) is 9.90 Å². The molecule has 112 valence electrons. The van der Waals surface area contributed by atoms with Gasteiger partial charge in [0.05, 0.1) is 13.4 Å². The van der Waals surface area contributed by atoms with Gasteiger partial charge in [-0.15, -0.1) is 11.3 Å². The van der Waals surface area contributed by atoms with Crippen LogP contribution in [0.2, 0.25) is 0 Å². The number of aromatic carboxylic acids is 1. The number of fused-ring (bicyclic) bond motifs is 1. The van der Waals surface area contributed by atoms with E-state index < -0.39 is 5.97 Å². The third-order valence-electron chi connectivity index (χ3n) is 4.47. The largest absolute Gasteiger partial charge is 0.478 e. The van der Waals surface area contributed by atoms with Crippen LogP contribution in [0.5, 0.6) is 0 Å². The van der Waals surface area contributed by atoms with E-state index in [4.69, 9.17) is 7.85 Å². The van der Waals surface area contributed by atoms with Gasteiger partial charge in [-0.25, -0.2) is 4.79 Å². The summed E-state index contributed by atoms with van der Waals surface area (Å²) < 4.78 is 0. The van der Waals surface area contributed by atoms with Crippen LogP contribution in [0.1, 0.15) is 46.6 Å². The van der Waals surface area contributed by atoms with Gasteiger partial charge in [-0.05, 0) is 41.4 Å². The van der Waals surface area contributed by atoms with Crippen LogP contribution in [-0.2, 0) is 19.2 Å². The molecule has 1 aliphatic carbocycles. The molecule has 0 aliphatic heterocycles. The SMILES string of the molecule is [B]Cc1ccccc1-c1sc2c(c1C(=O)O)CC(C)(C)CC2. The quantitative estimate of drug-likeness (QED) is 0.858. The van der Waals surface area contributed by atoms with Crippen LogP contribution in [-0.4, -0.2) is 18.9 Å². The number of aryl methyl sites for hydroxylation is 1. The summed E-state index contributed by atoms with van der Waals surface area (Å²) in [5.74, 6) is -0.822. The van der Waals surface area contributed by atoms with Crippen LogP contribution in [0, 0.1) is 5.41 Å². The van der Waals surface area contributed by atoms with Gasteiger partial charge in [-0.2, -0.15) is 0 Å². The number of carbonyl (C=O) groups is 1. The number of benzene rings is 1. The standard InChI is InChI=1S/C18H19BO2S/c1-18(2)8-7-14-13(9-18)15(17(20)21)16(22-14)12-6-4-3-5-11(12)10-19/h3-6H,7-10H2,1-2H3,(H,20,21). The first-order valence-corrected chi connectivity index (χ1v) is 8.41. The molecule has 1 aliphatic rings. The molecule has 0 fully saturated rings. The third kappa shape index (κ3) is 2.61. The first kappa shape index (κ1) is 15.4. The zero-order chi connectivity index (χ0) is 15.9. The highest BCUT2D eigenvalue weighted by molar-refractivity contribution is 7.16. The Bertz CT molecular complexity index is 731. The Morgan fingerprint density at radius 1 is 1.36 bits per heavy atom. The maximum atomic E-state index is 11.9. The van der Waals surface area contributed by atoms with Gasteiger partial charge >= 0.3 is 5.97 Å². The summed E-state index contributed by atoms with van der Waals surface area (Å²) >= 11 is 1.64. The summed E-state index contributed by atoms with van der Waals surface area (Å²) in [7, 11) is 5.84. The van der Waals surface area contributed by atoms with Gasteiger partial charge in [0.2, 0.25) is 0 Å². The van der Waals surface area contributed by atoms with E-state index in [0.29, 0.717) is 11.9 Å². The van der Waals surface area contributed by atoms with Crippen molar-refractivity contribution in [2.24, 2.45) is 5.41 Å². The Labute approximate surface area is 136 Å². The Hall–Kier alpha value is -1.55. The van der Waals surface area contributed by atoms with Gasteiger partial charge in [0.25, 0.3) is 0 Å². The fraction of sp³-hybridized carbons (Fsp3) is 0.389. The Balaban J connectivity index is 2.21. The molecule has 0 bridgehead atoms. The van der Waals surface area contributed by atoms with Crippen LogP contribution in [0.3, 0.4) is 0 Å². The molecule has 0 unspecified atom stereocenters. The minimum Gasteiger partial charge on any atom is -0.478 e. The smallest absolute Gasteiger partial charge is 0.337 e. The predicted molar refractivity (Wildman–Crippen MR) is 92.0 cm³/mol. The predicted octanol–water partition coefficient (Wildman–Crippen LogP) is 4.30. The fourth-order valence-corrected chi connectivity index (χ4v) is 4.63. The van der Waals surface area contributed by atoms with Gasteiger partial charge in [-0.3, -0.25) is 0 Å². The van der Waals surface area contributed by atoms with Gasteiger partial charge < -0.3 is 5.11 Å². The molecule has 0 saturated carbocycles. The van der Waals surface area contributed by atoms with Crippen molar-refractivity contribution in [3.63, 3.8) is 0 Å². The molecule has 1 aromatic carbocycles. The highest BCUT2D eigenvalue weighted by Gasteiger charge is 2.33. The van der Waals surface area contributed by atoms with Gasteiger partial charge in [-0.1, -0.05) is 44.4 Å². The lowest BCUT2D eigenvalue weighted by atomic mass is 9.75. The lowest BCUT2D eigenvalue weighted by molar-refractivity contribution is 0.0696. The van der Waals surface area contributed by atoms with E-state index in [1.165, 1.54) is 4.88 Å². The van der Waals surface area contributed by atoms with E-state index in [1.54, 1.807) is 11.3 Å². The minimum atomic E-state index is -0.822. The zero-order valence-electron chi connectivity index (χ0n) is 13.0. The summed E-state index contributed by atoms with van der Waals surface area (Å²) in [5, 5.41) is 9.78. The molecular formula is C18H19BO2S. The third-order valence-corrected chi connectivity index (χ3v) is 5.80. The Morgan fingerprint density at radius 2 is 2.09 bits per heavy atom. The molecule has 4 heteroatoms. The normalized spacial score (nSPS) is 16.3. The molecule has 0 amide bonds. The molecule has 0 atom stereocenters. The zero-order valence-corrected chi connectivity index (χ0v) is 13.8. The van der Waals surface area contributed by atoms with Crippen molar-refractivity contribution in [3.8, 4) is 10.4 Å². The molecule has 2 radical (unpaired) electrons. The second kappa shape index (κ2) is 5.58. The number of rotatable bonds is 3. The minimum absolute atomic E-state index is 0.170. The first-order chi connectivity index (χ1) is 10.4. The summed E-state index contributed by atoms with van der Waals surface area (Å²) in [6.07, 6.45) is 3.34. The van der Waals surface area contributed by atoms with Crippen molar-refractivity contribution < 1.29 is 9.90 Å². The molecule has 1 aromatic heterocycles. The molecule has 1 heterocycles. The monoisotopic (exact) mass is 310 g/mol. The topological polar surface area (TPSA) is 37.3 Å². The maximum absolute atomic E-state index is 11.9. The summed E-state index contributed by atoms with van der Waals surface area (Å²) in [5.41, 5.74) is 3.68. The summed E-state index contributed by atoms with van der Waals surface area (Å²) in [6, 6.07) is 7.85.